The summed E-state index contributed by atoms with van der Waals surface area (Å²) in [4.78, 5) is 11.8. The van der Waals surface area contributed by atoms with Gasteiger partial charge in [0.15, 0.2) is 0 Å². The zero-order valence-electron chi connectivity index (χ0n) is 14.0. The minimum atomic E-state index is -3.95. The van der Waals surface area contributed by atoms with Crippen molar-refractivity contribution in [2.24, 2.45) is 5.14 Å². The van der Waals surface area contributed by atoms with Gasteiger partial charge in [-0.15, -0.1) is 0 Å². The van der Waals surface area contributed by atoms with E-state index in [1.165, 1.54) is 12.1 Å². The maximum atomic E-state index is 12.1. The molecule has 2 N–H and O–H groups in total. The maximum Gasteiger partial charge on any atom is 0.339 e. The molecule has 0 aliphatic carbocycles. The fourth-order valence-electron chi connectivity index (χ4n) is 2.01. The molecule has 2 aromatic rings. The van der Waals surface area contributed by atoms with Gasteiger partial charge in [0, 0.05) is 0 Å². The third-order valence-electron chi connectivity index (χ3n) is 3.21. The average Bonchev–Trinajstić information content (AvgIpc) is 2.59. The third-order valence-corrected chi connectivity index (χ3v) is 4.45. The van der Waals surface area contributed by atoms with Crippen LogP contribution in [0.4, 0.5) is 0 Å². The number of primary sulfonamides is 1. The van der Waals surface area contributed by atoms with Crippen LogP contribution in [-0.2, 0) is 14.8 Å². The topological polar surface area (TPSA) is 105 Å². The monoisotopic (exact) mass is 399 g/mol. The van der Waals surface area contributed by atoms with Crippen molar-refractivity contribution in [3.63, 3.8) is 0 Å². The van der Waals surface area contributed by atoms with Crippen LogP contribution in [0.25, 0.3) is 0 Å². The normalized spacial score (nSPS) is 11.0. The molecule has 0 fully saturated rings. The van der Waals surface area contributed by atoms with E-state index in [0.29, 0.717) is 12.4 Å². The molecule has 0 radical (unpaired) electrons. The van der Waals surface area contributed by atoms with E-state index in [0.717, 1.165) is 11.8 Å². The molecule has 26 heavy (non-hydrogen) atoms. The zero-order chi connectivity index (χ0) is 19.2. The lowest BCUT2D eigenvalue weighted by molar-refractivity contribution is 0.0450. The lowest BCUT2D eigenvalue weighted by Gasteiger charge is -2.09. The van der Waals surface area contributed by atoms with Crippen molar-refractivity contribution < 1.29 is 27.4 Å². The van der Waals surface area contributed by atoms with E-state index in [4.69, 9.17) is 31.0 Å². The molecular weight excluding hydrogens is 382 g/mol. The molecule has 0 heterocycles. The Morgan fingerprint density at radius 1 is 1.04 bits per heavy atom. The first kappa shape index (κ1) is 20.0. The van der Waals surface area contributed by atoms with Gasteiger partial charge in [-0.25, -0.2) is 18.4 Å². The second-order valence-corrected chi connectivity index (χ2v) is 7.04. The van der Waals surface area contributed by atoms with E-state index < -0.39 is 16.0 Å². The van der Waals surface area contributed by atoms with Crippen LogP contribution in [0.5, 0.6) is 11.5 Å². The quantitative estimate of drug-likeness (QED) is 0.540. The van der Waals surface area contributed by atoms with Gasteiger partial charge in [0.05, 0.1) is 22.1 Å². The van der Waals surface area contributed by atoms with Crippen LogP contribution in [0.1, 0.15) is 17.3 Å². The lowest BCUT2D eigenvalue weighted by atomic mass is 10.2. The Hall–Kier alpha value is -2.29. The second kappa shape index (κ2) is 8.88. The van der Waals surface area contributed by atoms with Gasteiger partial charge in [0.1, 0.15) is 24.7 Å². The number of carbonyl (C=O) groups is 1. The Balaban J connectivity index is 1.89. The van der Waals surface area contributed by atoms with Crippen molar-refractivity contribution >= 4 is 27.6 Å². The summed E-state index contributed by atoms with van der Waals surface area (Å²) in [5.41, 5.74) is -0.0840. The molecule has 0 amide bonds. The predicted molar refractivity (Wildman–Crippen MR) is 96.2 cm³/mol. The van der Waals surface area contributed by atoms with Crippen molar-refractivity contribution in [2.45, 2.75) is 11.8 Å². The standard InChI is InChI=1S/C17H18ClNO6S/c1-2-23-12-3-5-13(6-4-12)24-9-10-25-17(20)15-11-14(26(19,21)22)7-8-16(15)18/h3-8,11H,2,9-10H2,1H3,(H2,19,21,22). The highest BCUT2D eigenvalue weighted by atomic mass is 35.5. The molecule has 0 bridgehead atoms. The van der Waals surface area contributed by atoms with E-state index in [9.17, 15) is 13.2 Å². The van der Waals surface area contributed by atoms with Gasteiger partial charge in [-0.3, -0.25) is 0 Å². The van der Waals surface area contributed by atoms with Crippen LogP contribution < -0.4 is 14.6 Å². The Bertz CT molecular complexity index is 867. The largest absolute Gasteiger partial charge is 0.494 e. The molecule has 140 valence electrons. The number of benzene rings is 2. The lowest BCUT2D eigenvalue weighted by Crippen LogP contribution is -2.15. The van der Waals surface area contributed by atoms with Crippen molar-refractivity contribution in [1.29, 1.82) is 0 Å². The van der Waals surface area contributed by atoms with Crippen molar-refractivity contribution in [3.05, 3.63) is 53.1 Å². The SMILES string of the molecule is CCOc1ccc(OCCOC(=O)c2cc(S(N)(=O)=O)ccc2Cl)cc1. The number of esters is 1. The third kappa shape index (κ3) is 5.62. The smallest absolute Gasteiger partial charge is 0.339 e. The fourth-order valence-corrected chi connectivity index (χ4v) is 2.74. The number of halogens is 1. The highest BCUT2D eigenvalue weighted by Crippen LogP contribution is 2.21. The van der Waals surface area contributed by atoms with E-state index in [2.05, 4.69) is 0 Å². The van der Waals surface area contributed by atoms with Gasteiger partial charge in [-0.2, -0.15) is 0 Å². The summed E-state index contributed by atoms with van der Waals surface area (Å²) in [6.07, 6.45) is 0. The summed E-state index contributed by atoms with van der Waals surface area (Å²) in [5.74, 6) is 0.560. The van der Waals surface area contributed by atoms with Gasteiger partial charge >= 0.3 is 5.97 Å². The Kier molecular flexibility index (Phi) is 6.84. The first-order valence-corrected chi connectivity index (χ1v) is 9.59. The van der Waals surface area contributed by atoms with Gasteiger partial charge in [0.25, 0.3) is 0 Å². The average molecular weight is 400 g/mol. The maximum absolute atomic E-state index is 12.1. The number of sulfonamides is 1. The molecule has 0 aliphatic rings. The zero-order valence-corrected chi connectivity index (χ0v) is 15.5. The van der Waals surface area contributed by atoms with Crippen LogP contribution in [0.15, 0.2) is 47.4 Å². The molecule has 0 saturated heterocycles. The van der Waals surface area contributed by atoms with Crippen LogP contribution in [0.3, 0.4) is 0 Å². The molecule has 7 nitrogen and oxygen atoms in total. The Morgan fingerprint density at radius 2 is 1.65 bits per heavy atom. The molecule has 0 aromatic heterocycles. The Labute approximate surface area is 156 Å². The highest BCUT2D eigenvalue weighted by molar-refractivity contribution is 7.89. The van der Waals surface area contributed by atoms with Crippen LogP contribution in [0.2, 0.25) is 5.02 Å². The second-order valence-electron chi connectivity index (χ2n) is 5.08. The number of hydrogen-bond acceptors (Lipinski definition) is 6. The molecule has 0 saturated carbocycles. The van der Waals surface area contributed by atoms with Crippen LogP contribution in [-0.4, -0.2) is 34.2 Å². The van der Waals surface area contributed by atoms with E-state index in [1.54, 1.807) is 24.3 Å². The van der Waals surface area contributed by atoms with Gasteiger partial charge < -0.3 is 14.2 Å². The molecule has 0 spiro atoms. The summed E-state index contributed by atoms with van der Waals surface area (Å²) < 4.78 is 38.5. The number of hydrogen-bond donors (Lipinski definition) is 1. The molecular formula is C17H18ClNO6S. The fraction of sp³-hybridized carbons (Fsp3) is 0.235. The van der Waals surface area contributed by atoms with Crippen LogP contribution >= 0.6 is 11.6 Å². The number of ether oxygens (including phenoxy) is 3. The molecule has 2 aromatic carbocycles. The molecule has 9 heteroatoms. The van der Waals surface area contributed by atoms with Gasteiger partial charge in [-0.05, 0) is 49.4 Å². The molecule has 2 rings (SSSR count). The van der Waals surface area contributed by atoms with Crippen molar-refractivity contribution in [2.75, 3.05) is 19.8 Å². The number of carbonyl (C=O) groups excluding carboxylic acids is 1. The summed E-state index contributed by atoms with van der Waals surface area (Å²) in [7, 11) is -3.95. The van der Waals surface area contributed by atoms with Gasteiger partial charge in [-0.1, -0.05) is 11.6 Å². The van der Waals surface area contributed by atoms with Crippen LogP contribution in [0, 0.1) is 0 Å². The van der Waals surface area contributed by atoms with E-state index in [-0.39, 0.29) is 28.7 Å². The summed E-state index contributed by atoms with van der Waals surface area (Å²) in [5, 5.41) is 5.10. The van der Waals surface area contributed by atoms with E-state index >= 15 is 0 Å². The predicted octanol–water partition coefficient (Wildman–Crippen LogP) is 2.62. The summed E-state index contributed by atoms with van der Waals surface area (Å²) in [6.45, 7) is 2.54. The van der Waals surface area contributed by atoms with Crippen molar-refractivity contribution in [1.82, 2.24) is 0 Å². The van der Waals surface area contributed by atoms with Crippen molar-refractivity contribution in [3.8, 4) is 11.5 Å². The molecule has 0 aliphatic heterocycles. The number of rotatable bonds is 8. The molecule has 0 atom stereocenters. The summed E-state index contributed by atoms with van der Waals surface area (Å²) >= 11 is 5.91. The highest BCUT2D eigenvalue weighted by Gasteiger charge is 2.17. The summed E-state index contributed by atoms with van der Waals surface area (Å²) in [6, 6.07) is 10.6. The first-order valence-electron chi connectivity index (χ1n) is 7.66. The first-order chi connectivity index (χ1) is 12.3. The number of nitrogens with two attached hydrogens (primary N) is 1. The Morgan fingerprint density at radius 3 is 2.23 bits per heavy atom. The minimum absolute atomic E-state index is 0.0397. The minimum Gasteiger partial charge on any atom is -0.494 e. The molecule has 0 unspecified atom stereocenters. The van der Waals surface area contributed by atoms with E-state index in [1.807, 2.05) is 6.92 Å². The van der Waals surface area contributed by atoms with Gasteiger partial charge in [0.2, 0.25) is 10.0 Å².